The largest absolute Gasteiger partial charge is 0.493 e. The molecule has 5 amide bonds. The Morgan fingerprint density at radius 2 is 1.70 bits per heavy atom. The van der Waals surface area contributed by atoms with E-state index in [-0.39, 0.29) is 36.7 Å². The number of likely N-dealkylation sites (N-methyl/N-ethyl adjacent to an activating group) is 1. The molecule has 12 nitrogen and oxygen atoms in total. The van der Waals surface area contributed by atoms with Gasteiger partial charge in [-0.15, -0.1) is 0 Å². The average Bonchev–Trinajstić information content (AvgIpc) is 3.38. The Bertz CT molecular complexity index is 1080. The van der Waals surface area contributed by atoms with E-state index in [1.165, 1.54) is 7.11 Å². The molecule has 3 rings (SSSR count). The lowest BCUT2D eigenvalue weighted by Crippen LogP contribution is -2.47. The first-order chi connectivity index (χ1) is 19.2. The van der Waals surface area contributed by atoms with Crippen molar-refractivity contribution in [3.05, 3.63) is 23.8 Å². The molecule has 2 atom stereocenters. The number of aryl methyl sites for hydroxylation is 1. The van der Waals surface area contributed by atoms with Crippen LogP contribution in [0.15, 0.2) is 18.2 Å². The van der Waals surface area contributed by atoms with Crippen LogP contribution in [0.5, 0.6) is 11.5 Å². The number of methoxy groups -OCH3 is 1. The van der Waals surface area contributed by atoms with Crippen molar-refractivity contribution in [2.75, 3.05) is 46.9 Å². The molecule has 3 N–H and O–H groups in total. The number of hydrogen-bond donors (Lipinski definition) is 3. The van der Waals surface area contributed by atoms with E-state index >= 15 is 0 Å². The van der Waals surface area contributed by atoms with Crippen molar-refractivity contribution >= 4 is 29.5 Å². The van der Waals surface area contributed by atoms with Gasteiger partial charge < -0.3 is 35.2 Å². The summed E-state index contributed by atoms with van der Waals surface area (Å²) < 4.78 is 11.0. The minimum atomic E-state index is -0.741. The van der Waals surface area contributed by atoms with Crippen LogP contribution in [0.4, 0.5) is 0 Å². The van der Waals surface area contributed by atoms with Crippen molar-refractivity contribution < 1.29 is 33.4 Å². The quantitative estimate of drug-likeness (QED) is 0.475. The zero-order chi connectivity index (χ0) is 29.1. The molecular formula is C28H41N5O7. The fourth-order valence-electron chi connectivity index (χ4n) is 4.77. The first-order valence-electron chi connectivity index (χ1n) is 13.9. The topological polar surface area (TPSA) is 146 Å². The summed E-state index contributed by atoms with van der Waals surface area (Å²) in [5.41, 5.74) is 0.842. The number of ether oxygens (including phenoxy) is 2. The maximum Gasteiger partial charge on any atom is 0.258 e. The SMILES string of the molecule is COc1ccc2cc1OCC(=O)N[C@@H](C)C(=O)N(C)CCCCN(C(=O)[C@H]1CCC(=O)N1)CCCNC(=O)CC2. The summed E-state index contributed by atoms with van der Waals surface area (Å²) in [6, 6.07) is 4.03. The van der Waals surface area contributed by atoms with Gasteiger partial charge in [-0.05, 0) is 56.7 Å². The van der Waals surface area contributed by atoms with E-state index in [0.29, 0.717) is 76.2 Å². The van der Waals surface area contributed by atoms with Crippen LogP contribution in [-0.2, 0) is 30.4 Å². The first kappa shape index (κ1) is 30.7. The Morgan fingerprint density at radius 1 is 0.950 bits per heavy atom. The standard InChI is InChI=1S/C28H41N5O7/c1-19-27(37)32(2)14-4-5-15-33(28(38)21-9-12-25(35)31-21)16-6-13-29-24(34)11-8-20-7-10-22(39-3)23(17-20)40-18-26(36)30-19/h7,10,17,19,21H,4-6,8-9,11-16,18H2,1-3H3,(H,29,34)(H,30,36)(H,31,35)/t19-,21+/m0/s1. The van der Waals surface area contributed by atoms with Crippen molar-refractivity contribution in [1.29, 1.82) is 0 Å². The van der Waals surface area contributed by atoms with Crippen molar-refractivity contribution in [3.8, 4) is 11.5 Å². The molecule has 1 saturated heterocycles. The van der Waals surface area contributed by atoms with Gasteiger partial charge in [0.15, 0.2) is 18.1 Å². The van der Waals surface area contributed by atoms with Crippen molar-refractivity contribution in [1.82, 2.24) is 25.8 Å². The molecule has 0 saturated carbocycles. The average molecular weight is 560 g/mol. The summed E-state index contributed by atoms with van der Waals surface area (Å²) in [6.45, 7) is 3.12. The third-order valence-electron chi connectivity index (χ3n) is 7.06. The van der Waals surface area contributed by atoms with E-state index in [9.17, 15) is 24.0 Å². The number of rotatable bonds is 2. The number of nitrogens with one attached hydrogen (secondary N) is 3. The fourth-order valence-corrected chi connectivity index (χ4v) is 4.77. The van der Waals surface area contributed by atoms with Gasteiger partial charge in [-0.3, -0.25) is 24.0 Å². The van der Waals surface area contributed by atoms with E-state index in [1.807, 2.05) is 6.07 Å². The van der Waals surface area contributed by atoms with E-state index < -0.39 is 18.0 Å². The highest BCUT2D eigenvalue weighted by Gasteiger charge is 2.30. The summed E-state index contributed by atoms with van der Waals surface area (Å²) >= 11 is 0. The monoisotopic (exact) mass is 559 g/mol. The van der Waals surface area contributed by atoms with Crippen LogP contribution in [0, 0.1) is 0 Å². The number of carbonyl (C=O) groups excluding carboxylic acids is 5. The Kier molecular flexibility index (Phi) is 11.6. The maximum absolute atomic E-state index is 13.1. The molecule has 0 aromatic heterocycles. The van der Waals surface area contributed by atoms with Crippen LogP contribution >= 0.6 is 0 Å². The Labute approximate surface area is 235 Å². The second-order valence-corrected chi connectivity index (χ2v) is 10.2. The Hall–Kier alpha value is -3.83. The molecule has 2 bridgehead atoms. The molecule has 40 heavy (non-hydrogen) atoms. The summed E-state index contributed by atoms with van der Waals surface area (Å²) in [6.07, 6.45) is 3.42. The highest BCUT2D eigenvalue weighted by atomic mass is 16.5. The number of benzene rings is 1. The van der Waals surface area contributed by atoms with Crippen LogP contribution in [0.1, 0.15) is 51.0 Å². The number of nitrogens with zero attached hydrogens (tertiary/aromatic N) is 2. The minimum Gasteiger partial charge on any atom is -0.493 e. The second kappa shape index (κ2) is 15.1. The zero-order valence-electron chi connectivity index (χ0n) is 23.6. The van der Waals surface area contributed by atoms with Gasteiger partial charge in [0.1, 0.15) is 12.1 Å². The molecule has 1 fully saturated rings. The van der Waals surface area contributed by atoms with Gasteiger partial charge in [0.2, 0.25) is 23.6 Å². The number of amides is 5. The van der Waals surface area contributed by atoms with Gasteiger partial charge in [0.25, 0.3) is 5.91 Å². The van der Waals surface area contributed by atoms with Crippen LogP contribution in [0.25, 0.3) is 0 Å². The molecule has 220 valence electrons. The molecule has 0 radical (unpaired) electrons. The van der Waals surface area contributed by atoms with Crippen LogP contribution < -0.4 is 25.4 Å². The van der Waals surface area contributed by atoms with E-state index in [1.54, 1.807) is 35.9 Å². The second-order valence-electron chi connectivity index (χ2n) is 10.2. The summed E-state index contributed by atoms with van der Waals surface area (Å²) in [5.74, 6) is -0.203. The molecule has 2 heterocycles. The van der Waals surface area contributed by atoms with E-state index in [2.05, 4.69) is 16.0 Å². The highest BCUT2D eigenvalue weighted by Crippen LogP contribution is 2.28. The molecule has 0 spiro atoms. The maximum atomic E-state index is 13.1. The minimum absolute atomic E-state index is 0.109. The lowest BCUT2D eigenvalue weighted by Gasteiger charge is -2.27. The third-order valence-corrected chi connectivity index (χ3v) is 7.06. The van der Waals surface area contributed by atoms with Gasteiger partial charge in [0, 0.05) is 46.1 Å². The first-order valence-corrected chi connectivity index (χ1v) is 13.9. The van der Waals surface area contributed by atoms with Gasteiger partial charge in [0.05, 0.1) is 7.11 Å². The van der Waals surface area contributed by atoms with Crippen LogP contribution in [0.3, 0.4) is 0 Å². The molecule has 2 aliphatic rings. The van der Waals surface area contributed by atoms with E-state index in [0.717, 1.165) is 5.56 Å². The van der Waals surface area contributed by atoms with E-state index in [4.69, 9.17) is 9.47 Å². The van der Waals surface area contributed by atoms with Crippen molar-refractivity contribution in [2.45, 2.75) is 64.0 Å². The molecule has 0 aliphatic carbocycles. The van der Waals surface area contributed by atoms with Crippen LogP contribution in [-0.4, -0.2) is 98.4 Å². The van der Waals surface area contributed by atoms with Crippen molar-refractivity contribution in [2.24, 2.45) is 0 Å². The Balaban J connectivity index is 1.69. The third kappa shape index (κ3) is 9.13. The normalized spacial score (nSPS) is 22.7. The molecule has 1 aromatic carbocycles. The number of fused-ring (bicyclic) bond motifs is 2. The van der Waals surface area contributed by atoms with Crippen LogP contribution in [0.2, 0.25) is 0 Å². The fraction of sp³-hybridized carbons (Fsp3) is 0.607. The molecule has 1 aromatic rings. The summed E-state index contributed by atoms with van der Waals surface area (Å²) in [7, 11) is 3.18. The highest BCUT2D eigenvalue weighted by molar-refractivity contribution is 5.91. The zero-order valence-corrected chi connectivity index (χ0v) is 23.6. The van der Waals surface area contributed by atoms with Gasteiger partial charge >= 0.3 is 0 Å². The summed E-state index contributed by atoms with van der Waals surface area (Å²) in [5, 5.41) is 8.32. The van der Waals surface area contributed by atoms with Crippen molar-refractivity contribution in [3.63, 3.8) is 0 Å². The molecule has 0 unspecified atom stereocenters. The number of carbonyl (C=O) groups is 5. The van der Waals surface area contributed by atoms with Gasteiger partial charge in [-0.1, -0.05) is 6.07 Å². The molecular weight excluding hydrogens is 518 g/mol. The van der Waals surface area contributed by atoms with Gasteiger partial charge in [-0.2, -0.15) is 0 Å². The van der Waals surface area contributed by atoms with Gasteiger partial charge in [-0.25, -0.2) is 0 Å². The smallest absolute Gasteiger partial charge is 0.258 e. The molecule has 12 heteroatoms. The molecule has 2 aliphatic heterocycles. The number of hydrogen-bond acceptors (Lipinski definition) is 7. The lowest BCUT2D eigenvalue weighted by molar-refractivity contribution is -0.135. The Morgan fingerprint density at radius 3 is 2.42 bits per heavy atom. The summed E-state index contributed by atoms with van der Waals surface area (Å²) in [4.78, 5) is 65.8. The predicted octanol–water partition coefficient (Wildman–Crippen LogP) is 0.377. The predicted molar refractivity (Wildman–Crippen MR) is 147 cm³/mol. The lowest BCUT2D eigenvalue weighted by atomic mass is 10.1.